The highest BCUT2D eigenvalue weighted by Gasteiger charge is 2.37. The first kappa shape index (κ1) is 10.5. The van der Waals surface area contributed by atoms with Crippen LogP contribution in [-0.2, 0) is 10.5 Å². The van der Waals surface area contributed by atoms with Gasteiger partial charge in [-0.3, -0.25) is 0 Å². The molecular weight excluding hydrogens is 187 g/mol. The summed E-state index contributed by atoms with van der Waals surface area (Å²) in [4.78, 5) is 10.7. The fourth-order valence-corrected chi connectivity index (χ4v) is 1.15. The van der Waals surface area contributed by atoms with E-state index in [-0.39, 0.29) is 11.3 Å². The summed E-state index contributed by atoms with van der Waals surface area (Å²) in [6, 6.07) is 6.14. The number of aliphatic carboxylic acids is 1. The molecule has 0 heterocycles. The van der Waals surface area contributed by atoms with Crippen LogP contribution in [0.1, 0.15) is 12.5 Å². The van der Waals surface area contributed by atoms with Crippen molar-refractivity contribution in [1.29, 1.82) is 0 Å². The molecule has 14 heavy (non-hydrogen) atoms. The SMILES string of the molecule is COc1ccccc1C(C)(F)C(=O)O. The van der Waals surface area contributed by atoms with Gasteiger partial charge in [0.1, 0.15) is 5.75 Å². The predicted molar refractivity (Wildman–Crippen MR) is 49.1 cm³/mol. The van der Waals surface area contributed by atoms with Crippen LogP contribution in [0, 0.1) is 0 Å². The third-order valence-electron chi connectivity index (χ3n) is 2.01. The first-order valence-electron chi connectivity index (χ1n) is 4.06. The molecule has 0 aliphatic heterocycles. The maximum Gasteiger partial charge on any atom is 0.346 e. The second-order valence-corrected chi connectivity index (χ2v) is 3.01. The smallest absolute Gasteiger partial charge is 0.346 e. The number of methoxy groups -OCH3 is 1. The Kier molecular flexibility index (Phi) is 2.74. The molecule has 0 aliphatic carbocycles. The van der Waals surface area contributed by atoms with Gasteiger partial charge >= 0.3 is 5.97 Å². The van der Waals surface area contributed by atoms with Gasteiger partial charge < -0.3 is 9.84 Å². The molecule has 0 bridgehead atoms. The summed E-state index contributed by atoms with van der Waals surface area (Å²) in [7, 11) is 1.37. The third kappa shape index (κ3) is 1.69. The molecule has 0 fully saturated rings. The maximum absolute atomic E-state index is 13.7. The number of alkyl halides is 1. The summed E-state index contributed by atoms with van der Waals surface area (Å²) in [6.07, 6.45) is 0. The topological polar surface area (TPSA) is 46.5 Å². The molecule has 76 valence electrons. The van der Waals surface area contributed by atoms with E-state index < -0.39 is 11.6 Å². The van der Waals surface area contributed by atoms with E-state index in [4.69, 9.17) is 9.84 Å². The fourth-order valence-electron chi connectivity index (χ4n) is 1.15. The molecule has 0 saturated carbocycles. The lowest BCUT2D eigenvalue weighted by atomic mass is 9.97. The zero-order chi connectivity index (χ0) is 10.8. The van der Waals surface area contributed by atoms with Crippen LogP contribution in [0.3, 0.4) is 0 Å². The van der Waals surface area contributed by atoms with E-state index in [0.717, 1.165) is 6.92 Å². The lowest BCUT2D eigenvalue weighted by Crippen LogP contribution is -2.27. The van der Waals surface area contributed by atoms with Gasteiger partial charge in [-0.1, -0.05) is 18.2 Å². The van der Waals surface area contributed by atoms with Gasteiger partial charge in [0.05, 0.1) is 7.11 Å². The molecule has 1 atom stereocenters. The van der Waals surface area contributed by atoms with Gasteiger partial charge in [0.2, 0.25) is 5.67 Å². The minimum Gasteiger partial charge on any atom is -0.496 e. The summed E-state index contributed by atoms with van der Waals surface area (Å²) in [5.74, 6) is -1.29. The Hall–Kier alpha value is -1.58. The van der Waals surface area contributed by atoms with E-state index >= 15 is 0 Å². The molecule has 0 saturated heterocycles. The standard InChI is InChI=1S/C10H11FO3/c1-10(11,9(12)13)7-5-3-4-6-8(7)14-2/h3-6H,1-2H3,(H,12,13). The van der Waals surface area contributed by atoms with E-state index in [9.17, 15) is 9.18 Å². The normalized spacial score (nSPS) is 14.5. The van der Waals surface area contributed by atoms with E-state index in [2.05, 4.69) is 0 Å². The van der Waals surface area contributed by atoms with Crippen LogP contribution >= 0.6 is 0 Å². The number of rotatable bonds is 3. The molecule has 1 unspecified atom stereocenters. The van der Waals surface area contributed by atoms with Gasteiger partial charge in [0, 0.05) is 5.56 Å². The monoisotopic (exact) mass is 198 g/mol. The molecule has 0 radical (unpaired) electrons. The molecule has 0 aliphatic rings. The molecule has 4 heteroatoms. The highest BCUT2D eigenvalue weighted by molar-refractivity contribution is 5.79. The lowest BCUT2D eigenvalue weighted by molar-refractivity contribution is -0.150. The average molecular weight is 198 g/mol. The van der Waals surface area contributed by atoms with Gasteiger partial charge in [0.25, 0.3) is 0 Å². The highest BCUT2D eigenvalue weighted by atomic mass is 19.1. The third-order valence-corrected chi connectivity index (χ3v) is 2.01. The van der Waals surface area contributed by atoms with Gasteiger partial charge in [-0.05, 0) is 13.0 Å². The number of carboxylic acids is 1. The minimum atomic E-state index is -2.42. The highest BCUT2D eigenvalue weighted by Crippen LogP contribution is 2.32. The molecular formula is C10H11FO3. The minimum absolute atomic E-state index is 0.0231. The number of carboxylic acid groups (broad SMARTS) is 1. The molecule has 0 aromatic heterocycles. The molecule has 1 aromatic rings. The average Bonchev–Trinajstić information content (AvgIpc) is 2.17. The summed E-state index contributed by atoms with van der Waals surface area (Å²) in [5.41, 5.74) is -2.40. The van der Waals surface area contributed by atoms with Crippen molar-refractivity contribution < 1.29 is 19.0 Å². The van der Waals surface area contributed by atoms with Crippen LogP contribution in [-0.4, -0.2) is 18.2 Å². The predicted octanol–water partition coefficient (Wildman–Crippen LogP) is 1.96. The number of para-hydroxylation sites is 1. The van der Waals surface area contributed by atoms with Crippen LogP contribution in [0.2, 0.25) is 0 Å². The molecule has 0 spiro atoms. The van der Waals surface area contributed by atoms with Gasteiger partial charge in [-0.2, -0.15) is 0 Å². The Bertz CT molecular complexity index is 347. The van der Waals surface area contributed by atoms with Crippen LogP contribution < -0.4 is 4.74 Å². The van der Waals surface area contributed by atoms with Crippen molar-refractivity contribution in [3.8, 4) is 5.75 Å². The van der Waals surface area contributed by atoms with Crippen LogP contribution in [0.25, 0.3) is 0 Å². The lowest BCUT2D eigenvalue weighted by Gasteiger charge is -2.18. The Morgan fingerprint density at radius 1 is 1.50 bits per heavy atom. The van der Waals surface area contributed by atoms with Crippen LogP contribution in [0.5, 0.6) is 5.75 Å². The van der Waals surface area contributed by atoms with Crippen molar-refractivity contribution in [3.05, 3.63) is 29.8 Å². The largest absolute Gasteiger partial charge is 0.496 e. The second-order valence-electron chi connectivity index (χ2n) is 3.01. The molecule has 1 rings (SSSR count). The molecule has 1 aromatic carbocycles. The summed E-state index contributed by atoms with van der Waals surface area (Å²) < 4.78 is 18.6. The van der Waals surface area contributed by atoms with Crippen molar-refractivity contribution >= 4 is 5.97 Å². The first-order chi connectivity index (χ1) is 6.50. The summed E-state index contributed by atoms with van der Waals surface area (Å²) in [5, 5.41) is 8.68. The van der Waals surface area contributed by atoms with Gasteiger partial charge in [-0.25, -0.2) is 9.18 Å². The van der Waals surface area contributed by atoms with E-state index in [1.54, 1.807) is 12.1 Å². The molecule has 0 amide bonds. The zero-order valence-electron chi connectivity index (χ0n) is 7.95. The molecule has 1 N–H and O–H groups in total. The number of hydrogen-bond donors (Lipinski definition) is 1. The molecule has 3 nitrogen and oxygen atoms in total. The Balaban J connectivity index is 3.24. The van der Waals surface area contributed by atoms with Gasteiger partial charge in [0.15, 0.2) is 0 Å². The first-order valence-corrected chi connectivity index (χ1v) is 4.06. The Labute approximate surface area is 81.1 Å². The van der Waals surface area contributed by atoms with Crippen LogP contribution in [0.15, 0.2) is 24.3 Å². The maximum atomic E-state index is 13.7. The number of carbonyl (C=O) groups is 1. The number of benzene rings is 1. The number of hydrogen-bond acceptors (Lipinski definition) is 2. The van der Waals surface area contributed by atoms with Crippen molar-refractivity contribution in [3.63, 3.8) is 0 Å². The number of halogens is 1. The Morgan fingerprint density at radius 2 is 2.07 bits per heavy atom. The quantitative estimate of drug-likeness (QED) is 0.807. The summed E-state index contributed by atoms with van der Waals surface area (Å²) >= 11 is 0. The van der Waals surface area contributed by atoms with Crippen molar-refractivity contribution in [2.24, 2.45) is 0 Å². The second kappa shape index (κ2) is 3.65. The van der Waals surface area contributed by atoms with Crippen molar-refractivity contribution in [2.45, 2.75) is 12.6 Å². The van der Waals surface area contributed by atoms with Gasteiger partial charge in [-0.15, -0.1) is 0 Å². The zero-order valence-corrected chi connectivity index (χ0v) is 7.95. The number of ether oxygens (including phenoxy) is 1. The van der Waals surface area contributed by atoms with Crippen molar-refractivity contribution in [1.82, 2.24) is 0 Å². The fraction of sp³-hybridized carbons (Fsp3) is 0.300. The van der Waals surface area contributed by atoms with E-state index in [0.29, 0.717) is 0 Å². The summed E-state index contributed by atoms with van der Waals surface area (Å²) in [6.45, 7) is 0.993. The van der Waals surface area contributed by atoms with Crippen LogP contribution in [0.4, 0.5) is 4.39 Å². The van der Waals surface area contributed by atoms with Crippen molar-refractivity contribution in [2.75, 3.05) is 7.11 Å². The Morgan fingerprint density at radius 3 is 2.57 bits per heavy atom. The van der Waals surface area contributed by atoms with E-state index in [1.807, 2.05) is 0 Å². The van der Waals surface area contributed by atoms with E-state index in [1.165, 1.54) is 19.2 Å².